The molecule has 3 nitrogen and oxygen atoms in total. The summed E-state index contributed by atoms with van der Waals surface area (Å²) in [5, 5.41) is 12.6. The lowest BCUT2D eigenvalue weighted by atomic mass is 10.1. The lowest BCUT2D eigenvalue weighted by Crippen LogP contribution is -2.37. The summed E-state index contributed by atoms with van der Waals surface area (Å²) in [5.41, 5.74) is 3.10. The number of hydrogen-bond acceptors (Lipinski definition) is 3. The molecule has 1 aliphatic heterocycles. The third-order valence-corrected chi connectivity index (χ3v) is 3.46. The van der Waals surface area contributed by atoms with Crippen LogP contribution in [0.3, 0.4) is 0 Å². The molecule has 1 unspecified atom stereocenters. The van der Waals surface area contributed by atoms with Crippen molar-refractivity contribution in [1.82, 2.24) is 5.32 Å². The molecule has 1 heterocycles. The van der Waals surface area contributed by atoms with E-state index >= 15 is 0 Å². The molecule has 2 rings (SSSR count). The van der Waals surface area contributed by atoms with Crippen molar-refractivity contribution in [2.75, 3.05) is 24.5 Å². The third kappa shape index (κ3) is 2.27. The first-order valence-corrected chi connectivity index (χ1v) is 6.25. The maximum Gasteiger partial charge on any atom is 0.101 e. The Kier molecular flexibility index (Phi) is 3.65. The van der Waals surface area contributed by atoms with Gasteiger partial charge in [-0.25, -0.2) is 0 Å². The van der Waals surface area contributed by atoms with E-state index in [-0.39, 0.29) is 0 Å². The van der Waals surface area contributed by atoms with Gasteiger partial charge in [0.15, 0.2) is 0 Å². The fraction of sp³-hybridized carbons (Fsp3) is 0.500. The zero-order valence-electron chi connectivity index (χ0n) is 10.5. The molecule has 17 heavy (non-hydrogen) atoms. The van der Waals surface area contributed by atoms with Crippen molar-refractivity contribution < 1.29 is 0 Å². The van der Waals surface area contributed by atoms with Crippen LogP contribution < -0.4 is 10.2 Å². The molecule has 0 bridgehead atoms. The highest BCUT2D eigenvalue weighted by molar-refractivity contribution is 5.64. The van der Waals surface area contributed by atoms with Crippen molar-refractivity contribution >= 4 is 5.69 Å². The van der Waals surface area contributed by atoms with Gasteiger partial charge in [-0.2, -0.15) is 5.26 Å². The van der Waals surface area contributed by atoms with Gasteiger partial charge in [-0.1, -0.05) is 12.1 Å². The molecule has 1 aromatic carbocycles. The highest BCUT2D eigenvalue weighted by atomic mass is 15.2. The van der Waals surface area contributed by atoms with E-state index in [0.717, 1.165) is 37.3 Å². The van der Waals surface area contributed by atoms with Gasteiger partial charge < -0.3 is 10.2 Å². The summed E-state index contributed by atoms with van der Waals surface area (Å²) < 4.78 is 0. The maximum absolute atomic E-state index is 9.24. The second-order valence-corrected chi connectivity index (χ2v) is 4.52. The van der Waals surface area contributed by atoms with Crippen LogP contribution in [-0.2, 0) is 0 Å². The number of rotatable bonds is 3. The predicted octanol–water partition coefficient (Wildman–Crippen LogP) is 2.05. The molecule has 1 aromatic rings. The Labute approximate surface area is 103 Å². The Hall–Kier alpha value is -1.53. The van der Waals surface area contributed by atoms with Gasteiger partial charge in [-0.15, -0.1) is 0 Å². The molecule has 90 valence electrons. The fourth-order valence-electron chi connectivity index (χ4n) is 2.63. The SMILES string of the molecule is CCN(c1c(C)cccc1C#N)C1CCNC1. The molecular formula is C14H19N3. The summed E-state index contributed by atoms with van der Waals surface area (Å²) in [5.74, 6) is 0. The van der Waals surface area contributed by atoms with Crippen LogP contribution in [0.1, 0.15) is 24.5 Å². The highest BCUT2D eigenvalue weighted by Gasteiger charge is 2.24. The number of para-hydroxylation sites is 1. The van der Waals surface area contributed by atoms with E-state index in [1.54, 1.807) is 0 Å². The standard InChI is InChI=1S/C14H19N3/c1-3-17(13-7-8-16-10-13)14-11(2)5-4-6-12(14)9-15/h4-6,13,16H,3,7-8,10H2,1-2H3. The summed E-state index contributed by atoms with van der Waals surface area (Å²) in [7, 11) is 0. The van der Waals surface area contributed by atoms with E-state index in [1.165, 1.54) is 5.56 Å². The Morgan fingerprint density at radius 1 is 1.53 bits per heavy atom. The highest BCUT2D eigenvalue weighted by Crippen LogP contribution is 2.27. The second-order valence-electron chi connectivity index (χ2n) is 4.52. The summed E-state index contributed by atoms with van der Waals surface area (Å²) in [4.78, 5) is 2.37. The van der Waals surface area contributed by atoms with E-state index in [9.17, 15) is 5.26 Å². The average Bonchev–Trinajstić information content (AvgIpc) is 2.86. The minimum atomic E-state index is 0.521. The maximum atomic E-state index is 9.24. The van der Waals surface area contributed by atoms with Crippen LogP contribution in [0, 0.1) is 18.3 Å². The molecule has 1 fully saturated rings. The number of aryl methyl sites for hydroxylation is 1. The molecule has 0 saturated carbocycles. The van der Waals surface area contributed by atoms with E-state index < -0.39 is 0 Å². The minimum absolute atomic E-state index is 0.521. The first-order valence-electron chi connectivity index (χ1n) is 6.25. The van der Waals surface area contributed by atoms with Crippen molar-refractivity contribution in [3.63, 3.8) is 0 Å². The van der Waals surface area contributed by atoms with Gasteiger partial charge in [0.25, 0.3) is 0 Å². The molecular weight excluding hydrogens is 210 g/mol. The van der Waals surface area contributed by atoms with Crippen LogP contribution in [0.5, 0.6) is 0 Å². The number of nitriles is 1. The van der Waals surface area contributed by atoms with Gasteiger partial charge in [0.05, 0.1) is 11.3 Å². The summed E-state index contributed by atoms with van der Waals surface area (Å²) >= 11 is 0. The van der Waals surface area contributed by atoms with E-state index in [4.69, 9.17) is 0 Å². The summed E-state index contributed by atoms with van der Waals surface area (Å²) in [6.07, 6.45) is 1.16. The van der Waals surface area contributed by atoms with Crippen molar-refractivity contribution in [1.29, 1.82) is 5.26 Å². The molecule has 1 aliphatic rings. The monoisotopic (exact) mass is 229 g/mol. The fourth-order valence-corrected chi connectivity index (χ4v) is 2.63. The molecule has 1 N–H and O–H groups in total. The molecule has 0 radical (unpaired) electrons. The predicted molar refractivity (Wildman–Crippen MR) is 70.2 cm³/mol. The minimum Gasteiger partial charge on any atom is -0.366 e. The first-order chi connectivity index (χ1) is 8.27. The molecule has 1 atom stereocenters. The normalized spacial score (nSPS) is 19.0. The number of nitrogens with one attached hydrogen (secondary N) is 1. The van der Waals surface area contributed by atoms with Crippen LogP contribution in [0.15, 0.2) is 18.2 Å². The lowest BCUT2D eigenvalue weighted by Gasteiger charge is -2.31. The molecule has 0 amide bonds. The van der Waals surface area contributed by atoms with Crippen molar-refractivity contribution in [2.24, 2.45) is 0 Å². The average molecular weight is 229 g/mol. The Morgan fingerprint density at radius 2 is 2.35 bits per heavy atom. The third-order valence-electron chi connectivity index (χ3n) is 3.46. The largest absolute Gasteiger partial charge is 0.366 e. The number of anilines is 1. The first kappa shape index (κ1) is 11.9. The molecule has 1 saturated heterocycles. The molecule has 0 aliphatic carbocycles. The topological polar surface area (TPSA) is 39.1 Å². The van der Waals surface area contributed by atoms with Crippen LogP contribution in [0.2, 0.25) is 0 Å². The van der Waals surface area contributed by atoms with Crippen LogP contribution in [0.25, 0.3) is 0 Å². The number of benzene rings is 1. The molecule has 0 aromatic heterocycles. The van der Waals surface area contributed by atoms with Gasteiger partial charge in [0.2, 0.25) is 0 Å². The smallest absolute Gasteiger partial charge is 0.101 e. The van der Waals surface area contributed by atoms with Gasteiger partial charge in [0, 0.05) is 19.1 Å². The zero-order chi connectivity index (χ0) is 12.3. The van der Waals surface area contributed by atoms with Crippen LogP contribution in [-0.4, -0.2) is 25.7 Å². The Balaban J connectivity index is 2.39. The number of nitrogens with zero attached hydrogens (tertiary/aromatic N) is 2. The van der Waals surface area contributed by atoms with Gasteiger partial charge in [0.1, 0.15) is 6.07 Å². The van der Waals surface area contributed by atoms with Gasteiger partial charge in [-0.3, -0.25) is 0 Å². The van der Waals surface area contributed by atoms with Crippen LogP contribution >= 0.6 is 0 Å². The number of likely N-dealkylation sites (N-methyl/N-ethyl adjacent to an activating group) is 1. The second kappa shape index (κ2) is 5.20. The zero-order valence-corrected chi connectivity index (χ0v) is 10.5. The van der Waals surface area contributed by atoms with E-state index in [1.807, 2.05) is 12.1 Å². The van der Waals surface area contributed by atoms with Gasteiger partial charge >= 0.3 is 0 Å². The van der Waals surface area contributed by atoms with Crippen LogP contribution in [0.4, 0.5) is 5.69 Å². The lowest BCUT2D eigenvalue weighted by molar-refractivity contribution is 0.646. The summed E-state index contributed by atoms with van der Waals surface area (Å²) in [6, 6.07) is 8.79. The van der Waals surface area contributed by atoms with Crippen molar-refractivity contribution in [3.05, 3.63) is 29.3 Å². The van der Waals surface area contributed by atoms with E-state index in [2.05, 4.69) is 36.2 Å². The quantitative estimate of drug-likeness (QED) is 0.862. The number of hydrogen-bond donors (Lipinski definition) is 1. The summed E-state index contributed by atoms with van der Waals surface area (Å²) in [6.45, 7) is 7.29. The van der Waals surface area contributed by atoms with E-state index in [0.29, 0.717) is 6.04 Å². The molecule has 3 heteroatoms. The Morgan fingerprint density at radius 3 is 2.94 bits per heavy atom. The van der Waals surface area contributed by atoms with Crippen molar-refractivity contribution in [2.45, 2.75) is 26.3 Å². The Bertz CT molecular complexity index is 428. The molecule has 0 spiro atoms. The van der Waals surface area contributed by atoms with Crippen molar-refractivity contribution in [3.8, 4) is 6.07 Å². The van der Waals surface area contributed by atoms with Gasteiger partial charge in [-0.05, 0) is 38.4 Å².